The molecule has 1 atom stereocenters. The molecule has 0 spiro atoms. The molecule has 1 aromatic rings. The van der Waals surface area contributed by atoms with E-state index in [0.717, 1.165) is 5.69 Å². The second-order valence-corrected chi connectivity index (χ2v) is 3.65. The monoisotopic (exact) mass is 245 g/mol. The van der Waals surface area contributed by atoms with Crippen molar-refractivity contribution in [3.63, 3.8) is 0 Å². The van der Waals surface area contributed by atoms with E-state index in [1.54, 1.807) is 4.68 Å². The van der Waals surface area contributed by atoms with Crippen LogP contribution in [0.1, 0.15) is 11.7 Å². The summed E-state index contributed by atoms with van der Waals surface area (Å²) in [4.78, 5) is 11.0. The van der Waals surface area contributed by atoms with Crippen LogP contribution < -0.4 is 5.73 Å². The van der Waals surface area contributed by atoms with E-state index in [9.17, 15) is 4.79 Å². The van der Waals surface area contributed by atoms with E-state index in [0.29, 0.717) is 17.8 Å². The van der Waals surface area contributed by atoms with Crippen molar-refractivity contribution in [2.45, 2.75) is 12.6 Å². The Morgan fingerprint density at radius 2 is 2.62 bits per heavy atom. The maximum atomic E-state index is 11.0. The van der Waals surface area contributed by atoms with Gasteiger partial charge in [-0.3, -0.25) is 9.48 Å². The van der Waals surface area contributed by atoms with Crippen LogP contribution in [0, 0.1) is 0 Å². The second kappa shape index (κ2) is 3.12. The molecule has 2 heterocycles. The maximum Gasteiger partial charge on any atom is 0.244 e. The molecular weight excluding hydrogens is 238 g/mol. The number of carbonyl (C=O) groups excluding carboxylic acids is 1. The molecule has 2 rings (SSSR count). The molecule has 0 radical (unpaired) electrons. The molecule has 1 aliphatic rings. The molecule has 70 valence electrons. The number of rotatable bonds is 1. The fourth-order valence-electron chi connectivity index (χ4n) is 1.33. The molecule has 0 aromatic carbocycles. The van der Waals surface area contributed by atoms with Crippen molar-refractivity contribution in [2.75, 3.05) is 6.61 Å². The van der Waals surface area contributed by atoms with E-state index in [4.69, 9.17) is 10.5 Å². The average molecular weight is 246 g/mol. The number of nitrogens with zero attached hydrogens (tertiary/aromatic N) is 2. The first kappa shape index (κ1) is 8.71. The van der Waals surface area contributed by atoms with Crippen LogP contribution in [-0.4, -0.2) is 22.3 Å². The van der Waals surface area contributed by atoms with E-state index in [2.05, 4.69) is 21.0 Å². The van der Waals surface area contributed by atoms with Crippen LogP contribution in [0.4, 0.5) is 0 Å². The Kier molecular flexibility index (Phi) is 2.09. The molecule has 1 amide bonds. The van der Waals surface area contributed by atoms with Gasteiger partial charge in [0.25, 0.3) is 0 Å². The lowest BCUT2D eigenvalue weighted by molar-refractivity contribution is -0.124. The molecule has 1 aliphatic heterocycles. The van der Waals surface area contributed by atoms with Crippen LogP contribution in [0.25, 0.3) is 0 Å². The molecule has 1 aromatic heterocycles. The minimum absolute atomic E-state index is 0.302. The fraction of sp³-hybridized carbons (Fsp3) is 0.429. The van der Waals surface area contributed by atoms with Gasteiger partial charge in [0, 0.05) is 0 Å². The van der Waals surface area contributed by atoms with Crippen molar-refractivity contribution in [1.29, 1.82) is 0 Å². The summed E-state index contributed by atoms with van der Waals surface area (Å²) in [6.07, 6.45) is 0. The number of aromatic nitrogens is 2. The predicted molar refractivity (Wildman–Crippen MR) is 47.8 cm³/mol. The number of halogens is 1. The second-order valence-electron chi connectivity index (χ2n) is 2.84. The molecule has 0 aliphatic carbocycles. The average Bonchev–Trinajstić information content (AvgIpc) is 2.43. The zero-order valence-corrected chi connectivity index (χ0v) is 8.32. The van der Waals surface area contributed by atoms with E-state index in [-0.39, 0.29) is 0 Å². The lowest BCUT2D eigenvalue weighted by atomic mass is 10.2. The molecule has 1 unspecified atom stereocenters. The molecule has 13 heavy (non-hydrogen) atoms. The van der Waals surface area contributed by atoms with Crippen molar-refractivity contribution in [3.05, 3.63) is 16.4 Å². The van der Waals surface area contributed by atoms with Crippen molar-refractivity contribution in [1.82, 2.24) is 9.78 Å². The van der Waals surface area contributed by atoms with Gasteiger partial charge < -0.3 is 10.5 Å². The summed E-state index contributed by atoms with van der Waals surface area (Å²) in [5.41, 5.74) is 6.06. The first-order valence-electron chi connectivity index (χ1n) is 3.79. The summed E-state index contributed by atoms with van der Waals surface area (Å²) in [5.74, 6) is -0.420. The highest BCUT2D eigenvalue weighted by Gasteiger charge is 2.26. The van der Waals surface area contributed by atoms with Crippen molar-refractivity contribution < 1.29 is 9.53 Å². The normalized spacial score (nSPS) is 21.2. The minimum atomic E-state index is -0.477. The molecule has 0 fully saturated rings. The summed E-state index contributed by atoms with van der Waals surface area (Å²) in [5, 5.41) is 4.11. The smallest absolute Gasteiger partial charge is 0.244 e. The van der Waals surface area contributed by atoms with E-state index < -0.39 is 11.9 Å². The summed E-state index contributed by atoms with van der Waals surface area (Å²) >= 11 is 3.23. The van der Waals surface area contributed by atoms with Gasteiger partial charge in [-0.25, -0.2) is 0 Å². The number of carbonyl (C=O) groups is 1. The first-order valence-corrected chi connectivity index (χ1v) is 4.59. The number of nitrogens with two attached hydrogens (primary N) is 1. The summed E-state index contributed by atoms with van der Waals surface area (Å²) < 4.78 is 7.50. The Hall–Kier alpha value is -0.880. The third-order valence-corrected chi connectivity index (χ3v) is 2.32. The van der Waals surface area contributed by atoms with Crippen LogP contribution in [0.15, 0.2) is 10.7 Å². The molecule has 2 N–H and O–H groups in total. The van der Waals surface area contributed by atoms with Gasteiger partial charge in [0.1, 0.15) is 4.60 Å². The molecular formula is C7H8BrN3O2. The lowest BCUT2D eigenvalue weighted by Crippen LogP contribution is -2.35. The zero-order chi connectivity index (χ0) is 9.42. The lowest BCUT2D eigenvalue weighted by Gasteiger charge is -2.21. The summed E-state index contributed by atoms with van der Waals surface area (Å²) in [7, 11) is 0. The number of fused-ring (bicyclic) bond motifs is 1. The van der Waals surface area contributed by atoms with Crippen molar-refractivity contribution in [3.8, 4) is 0 Å². The highest BCUT2D eigenvalue weighted by atomic mass is 79.9. The Labute approximate surface area is 83.0 Å². The quantitative estimate of drug-likeness (QED) is 0.769. The van der Waals surface area contributed by atoms with Crippen LogP contribution in [0.3, 0.4) is 0 Å². The SMILES string of the molecule is NC(=O)C1COCc2cc(Br)nn21. The number of primary amides is 1. The third-order valence-electron chi connectivity index (χ3n) is 1.93. The number of amides is 1. The molecule has 5 nitrogen and oxygen atoms in total. The summed E-state index contributed by atoms with van der Waals surface area (Å²) in [6, 6.07) is 1.34. The fourth-order valence-corrected chi connectivity index (χ4v) is 1.76. The van der Waals surface area contributed by atoms with Crippen LogP contribution in [-0.2, 0) is 16.1 Å². The number of hydrogen-bond acceptors (Lipinski definition) is 3. The van der Waals surface area contributed by atoms with E-state index in [1.165, 1.54) is 0 Å². The van der Waals surface area contributed by atoms with Crippen LogP contribution >= 0.6 is 15.9 Å². The molecule has 0 saturated heterocycles. The Morgan fingerprint density at radius 1 is 1.85 bits per heavy atom. The molecule has 0 bridgehead atoms. The van der Waals surface area contributed by atoms with Gasteiger partial charge in [-0.2, -0.15) is 5.10 Å². The highest BCUT2D eigenvalue weighted by Crippen LogP contribution is 2.21. The standard InChI is InChI=1S/C7H8BrN3O2/c8-6-1-4-2-13-3-5(7(9)12)11(4)10-6/h1,5H,2-3H2,(H2,9,12). The van der Waals surface area contributed by atoms with Gasteiger partial charge in [-0.1, -0.05) is 0 Å². The number of ether oxygens (including phenoxy) is 1. The summed E-state index contributed by atoms with van der Waals surface area (Å²) in [6.45, 7) is 0.777. The van der Waals surface area contributed by atoms with E-state index >= 15 is 0 Å². The third kappa shape index (κ3) is 1.47. The van der Waals surface area contributed by atoms with Gasteiger partial charge in [0.05, 0.1) is 18.9 Å². The van der Waals surface area contributed by atoms with Crippen LogP contribution in [0.5, 0.6) is 0 Å². The van der Waals surface area contributed by atoms with Gasteiger partial charge in [-0.15, -0.1) is 0 Å². The van der Waals surface area contributed by atoms with Gasteiger partial charge in [-0.05, 0) is 22.0 Å². The maximum absolute atomic E-state index is 11.0. The molecule has 6 heteroatoms. The Balaban J connectivity index is 2.41. The highest BCUT2D eigenvalue weighted by molar-refractivity contribution is 9.10. The first-order chi connectivity index (χ1) is 6.18. The van der Waals surface area contributed by atoms with Gasteiger partial charge in [0.2, 0.25) is 5.91 Å². The van der Waals surface area contributed by atoms with Gasteiger partial charge in [0.15, 0.2) is 6.04 Å². The van der Waals surface area contributed by atoms with Crippen LogP contribution in [0.2, 0.25) is 0 Å². The topological polar surface area (TPSA) is 70.1 Å². The van der Waals surface area contributed by atoms with Crippen molar-refractivity contribution >= 4 is 21.8 Å². The predicted octanol–water partition coefficient (Wildman–Crippen LogP) is 0.202. The minimum Gasteiger partial charge on any atom is -0.372 e. The largest absolute Gasteiger partial charge is 0.372 e. The zero-order valence-electron chi connectivity index (χ0n) is 6.74. The number of hydrogen-bond donors (Lipinski definition) is 1. The Morgan fingerprint density at radius 3 is 3.31 bits per heavy atom. The van der Waals surface area contributed by atoms with Gasteiger partial charge >= 0.3 is 0 Å². The molecule has 0 saturated carbocycles. The Bertz CT molecular complexity index is 350. The van der Waals surface area contributed by atoms with E-state index in [1.807, 2.05) is 6.07 Å². The van der Waals surface area contributed by atoms with Crippen molar-refractivity contribution in [2.24, 2.45) is 5.73 Å².